The second-order valence-corrected chi connectivity index (χ2v) is 10.5. The van der Waals surface area contributed by atoms with Crippen LogP contribution in [0.1, 0.15) is 44.2 Å². The molecule has 5 nitrogen and oxygen atoms in total. The largest absolute Gasteiger partial charge is 0.377 e. The number of hydrogen-bond acceptors (Lipinski definition) is 5. The lowest BCUT2D eigenvalue weighted by molar-refractivity contribution is -0.101. The summed E-state index contributed by atoms with van der Waals surface area (Å²) < 4.78 is 0. The summed E-state index contributed by atoms with van der Waals surface area (Å²) in [5.41, 5.74) is 2.99. The van der Waals surface area contributed by atoms with Gasteiger partial charge in [-0.25, -0.2) is 0 Å². The lowest BCUT2D eigenvalue weighted by Crippen LogP contribution is -2.52. The van der Waals surface area contributed by atoms with Crippen LogP contribution >= 0.6 is 34.8 Å². The first kappa shape index (κ1) is 24.9. The van der Waals surface area contributed by atoms with Gasteiger partial charge in [0, 0.05) is 53.9 Å². The average molecular weight is 513 g/mol. The van der Waals surface area contributed by atoms with Crippen molar-refractivity contribution >= 4 is 46.2 Å². The summed E-state index contributed by atoms with van der Waals surface area (Å²) in [5, 5.41) is 24.6. The number of nitrogens with zero attached hydrogens (tertiary/aromatic N) is 2. The number of aliphatic hydroxyl groups is 2. The van der Waals surface area contributed by atoms with Crippen molar-refractivity contribution in [1.29, 1.82) is 0 Å². The zero-order chi connectivity index (χ0) is 23.5. The van der Waals surface area contributed by atoms with E-state index in [1.54, 1.807) is 6.07 Å². The van der Waals surface area contributed by atoms with Crippen LogP contribution < -0.4 is 10.2 Å². The highest BCUT2D eigenvalue weighted by atomic mass is 35.5. The molecule has 0 aromatic heterocycles. The van der Waals surface area contributed by atoms with Crippen LogP contribution in [0.3, 0.4) is 0 Å². The number of piperazine rings is 1. The predicted molar refractivity (Wildman–Crippen MR) is 138 cm³/mol. The van der Waals surface area contributed by atoms with Crippen molar-refractivity contribution in [2.75, 3.05) is 36.4 Å². The molecule has 2 aromatic rings. The summed E-state index contributed by atoms with van der Waals surface area (Å²) in [4.78, 5) is 4.91. The van der Waals surface area contributed by atoms with Crippen molar-refractivity contribution in [3.8, 4) is 0 Å². The van der Waals surface area contributed by atoms with E-state index in [9.17, 15) is 10.2 Å². The van der Waals surface area contributed by atoms with Crippen molar-refractivity contribution < 1.29 is 10.2 Å². The Bertz CT molecular complexity index is 950. The van der Waals surface area contributed by atoms with Crippen molar-refractivity contribution in [2.45, 2.75) is 51.0 Å². The molecule has 3 N–H and O–H groups in total. The van der Waals surface area contributed by atoms with Gasteiger partial charge in [0.05, 0.1) is 16.8 Å². The highest BCUT2D eigenvalue weighted by molar-refractivity contribution is 6.35. The van der Waals surface area contributed by atoms with Gasteiger partial charge in [-0.3, -0.25) is 4.90 Å². The van der Waals surface area contributed by atoms with E-state index < -0.39 is 6.29 Å². The molecule has 1 aliphatic heterocycles. The summed E-state index contributed by atoms with van der Waals surface area (Å²) in [5.74, 6) is 0.00260. The maximum Gasteiger partial charge on any atom is 0.154 e. The maximum atomic E-state index is 9.59. The number of nitrogens with one attached hydrogen (secondary N) is 1. The fourth-order valence-electron chi connectivity index (χ4n) is 5.13. The van der Waals surface area contributed by atoms with Gasteiger partial charge in [0.1, 0.15) is 0 Å². The zero-order valence-electron chi connectivity index (χ0n) is 18.9. The average Bonchev–Trinajstić information content (AvgIpc) is 2.80. The van der Waals surface area contributed by atoms with Crippen LogP contribution in [0.5, 0.6) is 0 Å². The lowest BCUT2D eigenvalue weighted by atomic mass is 9.84. The first-order valence-corrected chi connectivity index (χ1v) is 12.8. The first-order chi connectivity index (χ1) is 15.8. The molecule has 3 atom stereocenters. The number of hydrogen-bond donors (Lipinski definition) is 3. The van der Waals surface area contributed by atoms with Crippen LogP contribution in [0.25, 0.3) is 0 Å². The van der Waals surface area contributed by atoms with Gasteiger partial charge in [-0.1, -0.05) is 47.3 Å². The molecule has 33 heavy (non-hydrogen) atoms. The molecule has 0 amide bonds. The molecule has 2 aliphatic rings. The minimum absolute atomic E-state index is 0.00260. The molecule has 4 rings (SSSR count). The fourth-order valence-corrected chi connectivity index (χ4v) is 5.88. The molecule has 180 valence electrons. The Morgan fingerprint density at radius 2 is 1.70 bits per heavy atom. The van der Waals surface area contributed by atoms with Gasteiger partial charge >= 0.3 is 0 Å². The van der Waals surface area contributed by atoms with Gasteiger partial charge in [-0.05, 0) is 62.1 Å². The van der Waals surface area contributed by atoms with Gasteiger partial charge < -0.3 is 20.4 Å². The Morgan fingerprint density at radius 1 is 0.939 bits per heavy atom. The van der Waals surface area contributed by atoms with Crippen LogP contribution in [0.4, 0.5) is 11.4 Å². The van der Waals surface area contributed by atoms with Crippen molar-refractivity contribution in [2.24, 2.45) is 5.92 Å². The van der Waals surface area contributed by atoms with E-state index in [-0.39, 0.29) is 12.0 Å². The zero-order valence-corrected chi connectivity index (χ0v) is 21.1. The second-order valence-electron chi connectivity index (χ2n) is 9.21. The highest BCUT2D eigenvalue weighted by Crippen LogP contribution is 2.34. The third-order valence-electron chi connectivity index (χ3n) is 7.06. The fraction of sp³-hybridized carbons (Fsp3) is 0.520. The summed E-state index contributed by atoms with van der Waals surface area (Å²) in [6.45, 7) is 5.87. The number of anilines is 2. The summed E-state index contributed by atoms with van der Waals surface area (Å²) in [7, 11) is 0. The number of rotatable bonds is 6. The van der Waals surface area contributed by atoms with Crippen molar-refractivity contribution in [3.05, 3.63) is 57.0 Å². The number of benzene rings is 2. The van der Waals surface area contributed by atoms with Crippen LogP contribution in [0, 0.1) is 5.92 Å². The molecule has 2 fully saturated rings. The van der Waals surface area contributed by atoms with E-state index >= 15 is 0 Å². The molecule has 8 heteroatoms. The summed E-state index contributed by atoms with van der Waals surface area (Å²) >= 11 is 18.9. The molecule has 2 aromatic carbocycles. The predicted octanol–water partition coefficient (Wildman–Crippen LogP) is 5.81. The van der Waals surface area contributed by atoms with Gasteiger partial charge in [0.25, 0.3) is 0 Å². The molecular formula is C25H32Cl3N3O2. The molecule has 0 spiro atoms. The normalized spacial score (nSPS) is 23.1. The maximum absolute atomic E-state index is 9.59. The SMILES string of the molecule is CC(Nc1cc(N2CCN(C3CCCC(C(O)O)C3)CC2)ccc1Cl)c1ccc(Cl)cc1Cl. The van der Waals surface area contributed by atoms with Gasteiger partial charge in [0.15, 0.2) is 6.29 Å². The third-order valence-corrected chi connectivity index (χ3v) is 7.95. The molecule has 1 aliphatic carbocycles. The Labute approximate surface area is 211 Å². The van der Waals surface area contributed by atoms with E-state index in [1.807, 2.05) is 18.2 Å². The van der Waals surface area contributed by atoms with Crippen LogP contribution in [0.15, 0.2) is 36.4 Å². The van der Waals surface area contributed by atoms with Crippen LogP contribution in [-0.2, 0) is 0 Å². The monoisotopic (exact) mass is 511 g/mol. The molecule has 1 saturated carbocycles. The smallest absolute Gasteiger partial charge is 0.154 e. The Kier molecular flexibility index (Phi) is 8.32. The molecule has 1 saturated heterocycles. The van der Waals surface area contributed by atoms with E-state index in [4.69, 9.17) is 34.8 Å². The Morgan fingerprint density at radius 3 is 2.39 bits per heavy atom. The van der Waals surface area contributed by atoms with Gasteiger partial charge in [-0.15, -0.1) is 0 Å². The van der Waals surface area contributed by atoms with E-state index in [1.165, 1.54) is 0 Å². The second kappa shape index (κ2) is 11.0. The molecule has 3 unspecified atom stereocenters. The topological polar surface area (TPSA) is 59.0 Å². The minimum atomic E-state index is -1.20. The van der Waals surface area contributed by atoms with E-state index in [0.29, 0.717) is 21.1 Å². The van der Waals surface area contributed by atoms with Crippen LogP contribution in [-0.4, -0.2) is 53.6 Å². The minimum Gasteiger partial charge on any atom is -0.377 e. The third kappa shape index (κ3) is 6.08. The number of halogens is 3. The Hall–Kier alpha value is -1.21. The molecule has 1 heterocycles. The Balaban J connectivity index is 1.39. The molecule has 0 radical (unpaired) electrons. The van der Waals surface area contributed by atoms with Crippen molar-refractivity contribution in [1.82, 2.24) is 4.90 Å². The highest BCUT2D eigenvalue weighted by Gasteiger charge is 2.31. The quantitative estimate of drug-likeness (QED) is 0.426. The standard InChI is InChI=1S/C25H32Cl3N3O2/c1-16(21-7-5-18(26)14-23(21)28)29-24-15-20(6-8-22(24)27)31-11-9-30(10-12-31)19-4-2-3-17(13-19)25(32)33/h5-8,14-17,19,25,29,32-33H,2-4,9-13H2,1H3. The molecular weight excluding hydrogens is 481 g/mol. The lowest BCUT2D eigenvalue weighted by Gasteiger charge is -2.43. The number of aliphatic hydroxyl groups excluding tert-OH is 1. The van der Waals surface area contributed by atoms with Crippen LogP contribution in [0.2, 0.25) is 15.1 Å². The van der Waals surface area contributed by atoms with Crippen molar-refractivity contribution in [3.63, 3.8) is 0 Å². The summed E-state index contributed by atoms with van der Waals surface area (Å²) in [6, 6.07) is 12.1. The van der Waals surface area contributed by atoms with Gasteiger partial charge in [0.2, 0.25) is 0 Å². The van der Waals surface area contributed by atoms with Gasteiger partial charge in [-0.2, -0.15) is 0 Å². The first-order valence-electron chi connectivity index (χ1n) is 11.7. The van der Waals surface area contributed by atoms with E-state index in [2.05, 4.69) is 34.2 Å². The molecule has 0 bridgehead atoms. The summed E-state index contributed by atoms with van der Waals surface area (Å²) in [6.07, 6.45) is 2.80. The van der Waals surface area contributed by atoms with E-state index in [0.717, 1.165) is 68.8 Å².